The molecule has 0 unspecified atom stereocenters. The van der Waals surface area contributed by atoms with Crippen molar-refractivity contribution in [3.8, 4) is 0 Å². The third-order valence-electron chi connectivity index (χ3n) is 2.06. The first-order chi connectivity index (χ1) is 10.3. The lowest BCUT2D eigenvalue weighted by molar-refractivity contribution is -0.134. The van der Waals surface area contributed by atoms with Crippen LogP contribution in [0.5, 0.6) is 0 Å². The number of aliphatic carboxylic acids is 2. The Labute approximate surface area is 133 Å². The molecule has 1 heterocycles. The van der Waals surface area contributed by atoms with E-state index < -0.39 is 11.9 Å². The molecule has 0 fully saturated rings. The van der Waals surface area contributed by atoms with Gasteiger partial charge in [-0.15, -0.1) is 0 Å². The summed E-state index contributed by atoms with van der Waals surface area (Å²) in [5, 5.41) is 15.6. The van der Waals surface area contributed by atoms with E-state index in [2.05, 4.69) is 4.90 Å². The van der Waals surface area contributed by atoms with Crippen LogP contribution < -0.4 is 5.73 Å². The maximum absolute atomic E-state index is 9.55. The second-order valence-electron chi connectivity index (χ2n) is 4.46. The Bertz CT molecular complexity index is 469. The largest absolute Gasteiger partial charge is 0.478 e. The van der Waals surface area contributed by atoms with Crippen LogP contribution in [0.25, 0.3) is 0 Å². The number of carboxylic acid groups (broad SMARTS) is 2. The Morgan fingerprint density at radius 2 is 1.77 bits per heavy atom. The number of hydrogen-bond acceptors (Lipinski definition) is 6. The van der Waals surface area contributed by atoms with E-state index in [-0.39, 0.29) is 0 Å². The third-order valence-corrected chi connectivity index (χ3v) is 3.08. The standard InChI is InChI=1S/C10H18N2OS.C4H4O4/c1-12(2)7-9-3-4-10(13-9)8-14-6-5-11;5-3(6)1-2-4(7)8/h3-4H,5-8,11H2,1-2H3;1-2H,(H,5,6)(H,7,8). The first-order valence-electron chi connectivity index (χ1n) is 6.49. The predicted octanol–water partition coefficient (Wildman–Crippen LogP) is 1.24. The minimum atomic E-state index is -1.26. The summed E-state index contributed by atoms with van der Waals surface area (Å²) in [6.07, 6.45) is 1.12. The zero-order chi connectivity index (χ0) is 17.0. The third kappa shape index (κ3) is 12.0. The fourth-order valence-electron chi connectivity index (χ4n) is 1.30. The molecule has 0 aliphatic rings. The molecule has 0 spiro atoms. The van der Waals surface area contributed by atoms with Crippen molar-refractivity contribution in [1.29, 1.82) is 0 Å². The highest BCUT2D eigenvalue weighted by molar-refractivity contribution is 7.98. The topological polar surface area (TPSA) is 117 Å². The van der Waals surface area contributed by atoms with Gasteiger partial charge in [-0.25, -0.2) is 9.59 Å². The lowest BCUT2D eigenvalue weighted by Gasteiger charge is -2.05. The number of rotatable bonds is 8. The van der Waals surface area contributed by atoms with Crippen LogP contribution >= 0.6 is 11.8 Å². The van der Waals surface area contributed by atoms with Crippen molar-refractivity contribution in [3.05, 3.63) is 35.8 Å². The Balaban J connectivity index is 0.000000472. The number of nitrogens with two attached hydrogens (primary N) is 1. The van der Waals surface area contributed by atoms with E-state index in [1.54, 1.807) is 11.8 Å². The number of thioether (sulfide) groups is 1. The molecule has 8 heteroatoms. The van der Waals surface area contributed by atoms with Gasteiger partial charge in [-0.3, -0.25) is 0 Å². The van der Waals surface area contributed by atoms with Crippen molar-refractivity contribution in [1.82, 2.24) is 4.90 Å². The smallest absolute Gasteiger partial charge is 0.328 e. The summed E-state index contributed by atoms with van der Waals surface area (Å²) in [4.78, 5) is 21.2. The minimum Gasteiger partial charge on any atom is -0.478 e. The van der Waals surface area contributed by atoms with Gasteiger partial charge in [0.1, 0.15) is 11.5 Å². The molecule has 22 heavy (non-hydrogen) atoms. The highest BCUT2D eigenvalue weighted by Gasteiger charge is 2.02. The molecule has 0 atom stereocenters. The second-order valence-corrected chi connectivity index (χ2v) is 5.56. The van der Waals surface area contributed by atoms with Gasteiger partial charge in [-0.05, 0) is 26.2 Å². The first-order valence-corrected chi connectivity index (χ1v) is 7.64. The van der Waals surface area contributed by atoms with E-state index in [0.29, 0.717) is 12.2 Å². The molecule has 0 radical (unpaired) electrons. The van der Waals surface area contributed by atoms with Gasteiger partial charge in [0.25, 0.3) is 0 Å². The highest BCUT2D eigenvalue weighted by Crippen LogP contribution is 2.15. The van der Waals surface area contributed by atoms with Gasteiger partial charge in [0.15, 0.2) is 0 Å². The molecular weight excluding hydrogens is 308 g/mol. The molecule has 0 aromatic carbocycles. The molecule has 1 aromatic rings. The fraction of sp³-hybridized carbons (Fsp3) is 0.429. The molecule has 1 aromatic heterocycles. The van der Waals surface area contributed by atoms with E-state index in [0.717, 1.165) is 36.1 Å². The second kappa shape index (κ2) is 11.8. The number of furan rings is 1. The molecule has 124 valence electrons. The number of carbonyl (C=O) groups is 2. The quantitative estimate of drug-likeness (QED) is 0.481. The van der Waals surface area contributed by atoms with Crippen molar-refractivity contribution < 1.29 is 24.2 Å². The summed E-state index contributed by atoms with van der Waals surface area (Å²) in [6, 6.07) is 4.08. The molecule has 0 aliphatic heterocycles. The van der Waals surface area contributed by atoms with Crippen LogP contribution in [0.1, 0.15) is 11.5 Å². The number of nitrogens with zero attached hydrogens (tertiary/aromatic N) is 1. The fourth-order valence-corrected chi connectivity index (χ4v) is 1.96. The van der Waals surface area contributed by atoms with Gasteiger partial charge in [0.2, 0.25) is 0 Å². The van der Waals surface area contributed by atoms with Crippen LogP contribution in [0.4, 0.5) is 0 Å². The van der Waals surface area contributed by atoms with Crippen molar-refractivity contribution in [3.63, 3.8) is 0 Å². The molecule has 0 amide bonds. The van der Waals surface area contributed by atoms with Gasteiger partial charge in [0.05, 0.1) is 12.3 Å². The molecule has 0 saturated heterocycles. The van der Waals surface area contributed by atoms with Crippen molar-refractivity contribution in [2.24, 2.45) is 5.73 Å². The van der Waals surface area contributed by atoms with E-state index in [4.69, 9.17) is 20.4 Å². The average molecular weight is 330 g/mol. The zero-order valence-electron chi connectivity index (χ0n) is 12.7. The average Bonchev–Trinajstić information content (AvgIpc) is 2.84. The molecular formula is C14H22N2O5S. The van der Waals surface area contributed by atoms with Crippen LogP contribution in [-0.2, 0) is 21.9 Å². The van der Waals surface area contributed by atoms with Gasteiger partial charge >= 0.3 is 11.9 Å². The monoisotopic (exact) mass is 330 g/mol. The Morgan fingerprint density at radius 3 is 2.23 bits per heavy atom. The Hall–Kier alpha value is -1.77. The molecule has 4 N–H and O–H groups in total. The summed E-state index contributed by atoms with van der Waals surface area (Å²) in [7, 11) is 4.07. The van der Waals surface area contributed by atoms with Crippen LogP contribution in [0.3, 0.4) is 0 Å². The molecule has 1 rings (SSSR count). The van der Waals surface area contributed by atoms with Crippen molar-refractivity contribution >= 4 is 23.7 Å². The van der Waals surface area contributed by atoms with Crippen LogP contribution in [0, 0.1) is 0 Å². The summed E-state index contributed by atoms with van der Waals surface area (Å²) < 4.78 is 5.64. The Morgan fingerprint density at radius 1 is 1.23 bits per heavy atom. The zero-order valence-corrected chi connectivity index (χ0v) is 13.5. The summed E-state index contributed by atoms with van der Waals surface area (Å²) in [5.74, 6) is 1.47. The first kappa shape index (κ1) is 20.2. The van der Waals surface area contributed by atoms with E-state index in [9.17, 15) is 9.59 Å². The molecule has 0 saturated carbocycles. The van der Waals surface area contributed by atoms with Crippen LogP contribution in [0.15, 0.2) is 28.7 Å². The van der Waals surface area contributed by atoms with Gasteiger partial charge < -0.3 is 25.3 Å². The maximum Gasteiger partial charge on any atom is 0.328 e. The summed E-state index contributed by atoms with van der Waals surface area (Å²) in [6.45, 7) is 1.59. The SMILES string of the molecule is CN(C)Cc1ccc(CSCCN)o1.O=C(O)C=CC(=O)O. The van der Waals surface area contributed by atoms with E-state index in [1.165, 1.54) is 0 Å². The summed E-state index contributed by atoms with van der Waals surface area (Å²) >= 11 is 1.81. The molecule has 0 aliphatic carbocycles. The lowest BCUT2D eigenvalue weighted by atomic mass is 10.4. The maximum atomic E-state index is 9.55. The van der Waals surface area contributed by atoms with Gasteiger partial charge in [-0.1, -0.05) is 0 Å². The Kier molecular flexibility index (Phi) is 10.9. The van der Waals surface area contributed by atoms with E-state index in [1.807, 2.05) is 26.2 Å². The molecule has 7 nitrogen and oxygen atoms in total. The van der Waals surface area contributed by atoms with E-state index >= 15 is 0 Å². The predicted molar refractivity (Wildman–Crippen MR) is 85.7 cm³/mol. The van der Waals surface area contributed by atoms with Crippen LogP contribution in [-0.4, -0.2) is 53.4 Å². The minimum absolute atomic E-state index is 0.558. The lowest BCUT2D eigenvalue weighted by Crippen LogP contribution is -2.09. The normalized spacial score (nSPS) is 10.5. The van der Waals surface area contributed by atoms with Crippen molar-refractivity contribution in [2.75, 3.05) is 26.4 Å². The number of carboxylic acids is 2. The van der Waals surface area contributed by atoms with Gasteiger partial charge in [-0.2, -0.15) is 11.8 Å². The number of hydrogen-bond donors (Lipinski definition) is 3. The molecule has 0 bridgehead atoms. The van der Waals surface area contributed by atoms with Gasteiger partial charge in [0, 0.05) is 24.4 Å². The van der Waals surface area contributed by atoms with Crippen LogP contribution in [0.2, 0.25) is 0 Å². The summed E-state index contributed by atoms with van der Waals surface area (Å²) in [5.41, 5.74) is 5.41. The highest BCUT2D eigenvalue weighted by atomic mass is 32.2. The van der Waals surface area contributed by atoms with Crippen molar-refractivity contribution in [2.45, 2.75) is 12.3 Å².